The summed E-state index contributed by atoms with van der Waals surface area (Å²) in [4.78, 5) is 3.91. The first-order chi connectivity index (χ1) is 5.75. The van der Waals surface area contributed by atoms with Gasteiger partial charge in [-0.15, -0.1) is 0 Å². The highest BCUT2D eigenvalue weighted by molar-refractivity contribution is 9.10. The van der Waals surface area contributed by atoms with Gasteiger partial charge in [0.15, 0.2) is 0 Å². The lowest BCUT2D eigenvalue weighted by molar-refractivity contribution is 0.177. The lowest BCUT2D eigenvalue weighted by atomic mass is 10.1. The van der Waals surface area contributed by atoms with Crippen molar-refractivity contribution >= 4 is 15.9 Å². The molecule has 1 atom stereocenters. The Bertz CT molecular complexity index is 255. The van der Waals surface area contributed by atoms with E-state index in [-0.39, 0.29) is 0 Å². The molecular weight excluding hydrogens is 220 g/mol. The molecule has 0 amide bonds. The fraction of sp³-hybridized carbons (Fsp3) is 0.375. The molecule has 0 aliphatic rings. The number of aliphatic hydroxyl groups is 1. The van der Waals surface area contributed by atoms with E-state index in [0.29, 0.717) is 6.54 Å². The van der Waals surface area contributed by atoms with E-state index in [1.165, 1.54) is 0 Å². The van der Waals surface area contributed by atoms with E-state index >= 15 is 0 Å². The minimum Gasteiger partial charge on any atom is -0.387 e. The highest BCUT2D eigenvalue weighted by atomic mass is 79.9. The molecular formula is C8H11BrN2O. The molecule has 1 unspecified atom stereocenters. The van der Waals surface area contributed by atoms with Gasteiger partial charge in [0.1, 0.15) is 0 Å². The monoisotopic (exact) mass is 230 g/mol. The van der Waals surface area contributed by atoms with Crippen LogP contribution in [0.3, 0.4) is 0 Å². The minimum atomic E-state index is -0.479. The normalized spacial score (nSPS) is 12.9. The number of hydrogen-bond donors (Lipinski definition) is 2. The van der Waals surface area contributed by atoms with Crippen LogP contribution in [0.4, 0.5) is 0 Å². The van der Waals surface area contributed by atoms with Gasteiger partial charge in [0.25, 0.3) is 0 Å². The zero-order chi connectivity index (χ0) is 8.97. The van der Waals surface area contributed by atoms with Crippen LogP contribution in [0.2, 0.25) is 0 Å². The number of nitrogens with zero attached hydrogens (tertiary/aromatic N) is 1. The van der Waals surface area contributed by atoms with Crippen LogP contribution in [0.25, 0.3) is 0 Å². The summed E-state index contributed by atoms with van der Waals surface area (Å²) in [5, 5.41) is 12.5. The Balaban J connectivity index is 2.79. The van der Waals surface area contributed by atoms with Crippen molar-refractivity contribution in [1.82, 2.24) is 10.3 Å². The van der Waals surface area contributed by atoms with Crippen molar-refractivity contribution in [3.63, 3.8) is 0 Å². The number of hydrogen-bond acceptors (Lipinski definition) is 3. The van der Waals surface area contributed by atoms with E-state index in [2.05, 4.69) is 26.2 Å². The number of nitrogens with one attached hydrogen (secondary N) is 1. The Morgan fingerprint density at radius 3 is 3.08 bits per heavy atom. The Labute approximate surface area is 80.0 Å². The second kappa shape index (κ2) is 4.54. The molecule has 0 aliphatic heterocycles. The van der Waals surface area contributed by atoms with Crippen LogP contribution in [0.1, 0.15) is 11.7 Å². The molecule has 1 rings (SSSR count). The van der Waals surface area contributed by atoms with Gasteiger partial charge in [0.05, 0.1) is 6.10 Å². The standard InChI is InChI=1S/C8H11BrN2O/c1-10-5-8(12)6-2-3-11-4-7(6)9/h2-4,8,10,12H,5H2,1H3. The molecule has 3 nitrogen and oxygen atoms in total. The van der Waals surface area contributed by atoms with Crippen molar-refractivity contribution in [2.45, 2.75) is 6.10 Å². The Morgan fingerprint density at radius 2 is 2.50 bits per heavy atom. The van der Waals surface area contributed by atoms with Crippen molar-refractivity contribution in [1.29, 1.82) is 0 Å². The maximum absolute atomic E-state index is 9.58. The zero-order valence-corrected chi connectivity index (χ0v) is 8.37. The fourth-order valence-corrected chi connectivity index (χ4v) is 1.47. The quantitative estimate of drug-likeness (QED) is 0.818. The van der Waals surface area contributed by atoms with Crippen LogP contribution in [0, 0.1) is 0 Å². The SMILES string of the molecule is CNCC(O)c1ccncc1Br. The highest BCUT2D eigenvalue weighted by Crippen LogP contribution is 2.21. The molecule has 0 aromatic carbocycles. The molecule has 0 bridgehead atoms. The summed E-state index contributed by atoms with van der Waals surface area (Å²) < 4.78 is 0.841. The summed E-state index contributed by atoms with van der Waals surface area (Å²) in [6, 6.07) is 1.80. The molecule has 0 saturated heterocycles. The summed E-state index contributed by atoms with van der Waals surface area (Å²) in [7, 11) is 1.80. The molecule has 0 aliphatic carbocycles. The van der Waals surface area contributed by atoms with Crippen LogP contribution in [-0.2, 0) is 0 Å². The molecule has 12 heavy (non-hydrogen) atoms. The van der Waals surface area contributed by atoms with Gasteiger partial charge < -0.3 is 10.4 Å². The maximum Gasteiger partial charge on any atom is 0.0926 e. The fourth-order valence-electron chi connectivity index (χ4n) is 0.959. The molecule has 2 N–H and O–H groups in total. The number of pyridine rings is 1. The first-order valence-corrected chi connectivity index (χ1v) is 4.47. The van der Waals surface area contributed by atoms with E-state index in [1.54, 1.807) is 25.5 Å². The maximum atomic E-state index is 9.58. The number of aromatic nitrogens is 1. The average Bonchev–Trinajstić information content (AvgIpc) is 2.05. The van der Waals surface area contributed by atoms with Crippen molar-refractivity contribution < 1.29 is 5.11 Å². The number of aliphatic hydroxyl groups excluding tert-OH is 1. The summed E-state index contributed by atoms with van der Waals surface area (Å²) >= 11 is 3.32. The van der Waals surface area contributed by atoms with Gasteiger partial charge in [-0.3, -0.25) is 4.98 Å². The second-order valence-corrected chi connectivity index (χ2v) is 3.33. The molecule has 1 aromatic rings. The third-order valence-electron chi connectivity index (χ3n) is 1.56. The number of rotatable bonds is 3. The Morgan fingerprint density at radius 1 is 1.75 bits per heavy atom. The largest absolute Gasteiger partial charge is 0.387 e. The summed E-state index contributed by atoms with van der Waals surface area (Å²) in [5.41, 5.74) is 0.861. The number of halogens is 1. The van der Waals surface area contributed by atoms with E-state index in [1.807, 2.05) is 0 Å². The van der Waals surface area contributed by atoms with Crippen molar-refractivity contribution in [3.8, 4) is 0 Å². The zero-order valence-electron chi connectivity index (χ0n) is 6.79. The molecule has 0 fully saturated rings. The van der Waals surface area contributed by atoms with Crippen LogP contribution in [0.5, 0.6) is 0 Å². The Kier molecular flexibility index (Phi) is 3.65. The lowest BCUT2D eigenvalue weighted by Crippen LogP contribution is -2.17. The number of likely N-dealkylation sites (N-methyl/N-ethyl adjacent to an activating group) is 1. The average molecular weight is 231 g/mol. The molecule has 1 aromatic heterocycles. The molecule has 0 spiro atoms. The Hall–Kier alpha value is -0.450. The summed E-state index contributed by atoms with van der Waals surface area (Å²) in [6.07, 6.45) is 2.86. The highest BCUT2D eigenvalue weighted by Gasteiger charge is 2.08. The first-order valence-electron chi connectivity index (χ1n) is 3.67. The van der Waals surface area contributed by atoms with Gasteiger partial charge in [-0.25, -0.2) is 0 Å². The van der Waals surface area contributed by atoms with Crippen LogP contribution < -0.4 is 5.32 Å². The lowest BCUT2D eigenvalue weighted by Gasteiger charge is -2.10. The van der Waals surface area contributed by atoms with E-state index < -0.39 is 6.10 Å². The van der Waals surface area contributed by atoms with Crippen LogP contribution in [-0.4, -0.2) is 23.7 Å². The van der Waals surface area contributed by atoms with Gasteiger partial charge in [-0.2, -0.15) is 0 Å². The van der Waals surface area contributed by atoms with E-state index in [4.69, 9.17) is 0 Å². The first kappa shape index (κ1) is 9.64. The predicted octanol–water partition coefficient (Wildman–Crippen LogP) is 1.10. The topological polar surface area (TPSA) is 45.1 Å². The smallest absolute Gasteiger partial charge is 0.0926 e. The van der Waals surface area contributed by atoms with E-state index in [9.17, 15) is 5.11 Å². The van der Waals surface area contributed by atoms with Gasteiger partial charge in [0, 0.05) is 23.4 Å². The molecule has 4 heteroatoms. The molecule has 0 saturated carbocycles. The van der Waals surface area contributed by atoms with Gasteiger partial charge in [-0.05, 0) is 34.6 Å². The van der Waals surface area contributed by atoms with Crippen LogP contribution >= 0.6 is 15.9 Å². The van der Waals surface area contributed by atoms with Gasteiger partial charge in [0.2, 0.25) is 0 Å². The second-order valence-electron chi connectivity index (χ2n) is 2.47. The molecule has 0 radical (unpaired) electrons. The van der Waals surface area contributed by atoms with Crippen molar-refractivity contribution in [2.24, 2.45) is 0 Å². The third kappa shape index (κ3) is 2.27. The van der Waals surface area contributed by atoms with E-state index in [0.717, 1.165) is 10.0 Å². The van der Waals surface area contributed by atoms with Crippen molar-refractivity contribution in [2.75, 3.05) is 13.6 Å². The summed E-state index contributed by atoms with van der Waals surface area (Å²) in [5.74, 6) is 0. The van der Waals surface area contributed by atoms with Crippen molar-refractivity contribution in [3.05, 3.63) is 28.5 Å². The van der Waals surface area contributed by atoms with Gasteiger partial charge in [-0.1, -0.05) is 0 Å². The third-order valence-corrected chi connectivity index (χ3v) is 2.22. The van der Waals surface area contributed by atoms with Gasteiger partial charge >= 0.3 is 0 Å². The molecule has 66 valence electrons. The predicted molar refractivity (Wildman–Crippen MR) is 50.8 cm³/mol. The minimum absolute atomic E-state index is 0.479. The van der Waals surface area contributed by atoms with Crippen LogP contribution in [0.15, 0.2) is 22.9 Å². The summed E-state index contributed by atoms with van der Waals surface area (Å²) in [6.45, 7) is 0.544. The molecule has 1 heterocycles.